The van der Waals surface area contributed by atoms with Crippen LogP contribution in [-0.2, 0) is 6.54 Å². The summed E-state index contributed by atoms with van der Waals surface area (Å²) in [6, 6.07) is 5.44. The second-order valence-electron chi connectivity index (χ2n) is 4.48. The second kappa shape index (κ2) is 6.60. The lowest BCUT2D eigenvalue weighted by molar-refractivity contribution is 0.580. The van der Waals surface area contributed by atoms with Gasteiger partial charge in [-0.25, -0.2) is 4.39 Å². The zero-order valence-electron chi connectivity index (χ0n) is 11.3. The van der Waals surface area contributed by atoms with E-state index in [1.165, 1.54) is 6.07 Å². The van der Waals surface area contributed by atoms with Crippen molar-refractivity contribution in [2.45, 2.75) is 40.3 Å². The third-order valence-electron chi connectivity index (χ3n) is 2.85. The summed E-state index contributed by atoms with van der Waals surface area (Å²) in [6.45, 7) is 11.0. The highest BCUT2D eigenvalue weighted by Crippen LogP contribution is 2.21. The molecule has 0 amide bonds. The molecule has 3 heteroatoms. The fraction of sp³-hybridized carbons (Fsp3) is 0.571. The van der Waals surface area contributed by atoms with Crippen LogP contribution in [0.1, 0.15) is 33.3 Å². The summed E-state index contributed by atoms with van der Waals surface area (Å²) in [5, 5.41) is 3.34. The Morgan fingerprint density at radius 2 is 1.88 bits per heavy atom. The minimum absolute atomic E-state index is 0.165. The molecule has 0 aromatic heterocycles. The highest BCUT2D eigenvalue weighted by Gasteiger charge is 2.09. The molecule has 0 saturated heterocycles. The van der Waals surface area contributed by atoms with E-state index >= 15 is 0 Å². The summed E-state index contributed by atoms with van der Waals surface area (Å²) in [5.41, 5.74) is 2.16. The van der Waals surface area contributed by atoms with Gasteiger partial charge in [-0.2, -0.15) is 0 Å². The number of benzene rings is 1. The highest BCUT2D eigenvalue weighted by atomic mass is 19.1. The number of nitrogens with zero attached hydrogens (tertiary/aromatic N) is 1. The lowest BCUT2D eigenvalue weighted by atomic mass is 10.1. The molecule has 0 fully saturated rings. The van der Waals surface area contributed by atoms with Crippen LogP contribution >= 0.6 is 0 Å². The van der Waals surface area contributed by atoms with Crippen LogP contribution in [0.15, 0.2) is 18.2 Å². The standard InChI is InChI=1S/C14H23FN2/c1-5-17(6-2)14-8-7-13(15)9-12(14)10-16-11(3)4/h7-9,11,16H,5-6,10H2,1-4H3. The highest BCUT2D eigenvalue weighted by molar-refractivity contribution is 5.53. The van der Waals surface area contributed by atoms with Crippen LogP contribution in [0.2, 0.25) is 0 Å². The molecule has 0 spiro atoms. The second-order valence-corrected chi connectivity index (χ2v) is 4.48. The van der Waals surface area contributed by atoms with Crippen molar-refractivity contribution in [1.82, 2.24) is 5.32 Å². The molecule has 0 heterocycles. The van der Waals surface area contributed by atoms with Gasteiger partial charge >= 0.3 is 0 Å². The van der Waals surface area contributed by atoms with Gasteiger partial charge in [0, 0.05) is 31.4 Å². The largest absolute Gasteiger partial charge is 0.372 e. The van der Waals surface area contributed by atoms with E-state index in [0.29, 0.717) is 12.6 Å². The molecule has 17 heavy (non-hydrogen) atoms. The molecular weight excluding hydrogens is 215 g/mol. The van der Waals surface area contributed by atoms with Crippen molar-refractivity contribution in [1.29, 1.82) is 0 Å². The van der Waals surface area contributed by atoms with Gasteiger partial charge < -0.3 is 10.2 Å². The molecule has 0 aliphatic rings. The summed E-state index contributed by atoms with van der Waals surface area (Å²) in [6.07, 6.45) is 0. The predicted molar refractivity (Wildman–Crippen MR) is 71.9 cm³/mol. The lowest BCUT2D eigenvalue weighted by Crippen LogP contribution is -2.27. The molecule has 0 aliphatic carbocycles. The number of rotatable bonds is 6. The summed E-state index contributed by atoms with van der Waals surface area (Å²) in [5.74, 6) is -0.165. The molecule has 0 saturated carbocycles. The quantitative estimate of drug-likeness (QED) is 0.819. The van der Waals surface area contributed by atoms with Crippen LogP contribution in [-0.4, -0.2) is 19.1 Å². The van der Waals surface area contributed by atoms with Gasteiger partial charge in [0.15, 0.2) is 0 Å². The number of nitrogens with one attached hydrogen (secondary N) is 1. The van der Waals surface area contributed by atoms with Gasteiger partial charge in [-0.05, 0) is 37.6 Å². The molecule has 1 N–H and O–H groups in total. The molecule has 1 rings (SSSR count). The first-order valence-corrected chi connectivity index (χ1v) is 6.35. The van der Waals surface area contributed by atoms with E-state index in [0.717, 1.165) is 24.3 Å². The maximum atomic E-state index is 13.3. The maximum Gasteiger partial charge on any atom is 0.123 e. The molecule has 2 nitrogen and oxygen atoms in total. The molecule has 0 bridgehead atoms. The Morgan fingerprint density at radius 3 is 2.41 bits per heavy atom. The van der Waals surface area contributed by atoms with Gasteiger partial charge in [-0.1, -0.05) is 13.8 Å². The van der Waals surface area contributed by atoms with Gasteiger partial charge in [-0.15, -0.1) is 0 Å². The summed E-state index contributed by atoms with van der Waals surface area (Å²) in [7, 11) is 0. The monoisotopic (exact) mass is 238 g/mol. The van der Waals surface area contributed by atoms with Crippen LogP contribution in [0, 0.1) is 5.82 Å². The molecule has 0 atom stereocenters. The molecular formula is C14H23FN2. The third-order valence-corrected chi connectivity index (χ3v) is 2.85. The first kappa shape index (κ1) is 14.0. The van der Waals surface area contributed by atoms with Crippen LogP contribution in [0.5, 0.6) is 0 Å². The smallest absolute Gasteiger partial charge is 0.123 e. The van der Waals surface area contributed by atoms with Crippen molar-refractivity contribution >= 4 is 5.69 Å². The number of hydrogen-bond donors (Lipinski definition) is 1. The number of halogens is 1. The average molecular weight is 238 g/mol. The van der Waals surface area contributed by atoms with E-state index in [-0.39, 0.29) is 5.82 Å². The topological polar surface area (TPSA) is 15.3 Å². The Morgan fingerprint density at radius 1 is 1.24 bits per heavy atom. The summed E-state index contributed by atoms with van der Waals surface area (Å²) in [4.78, 5) is 2.25. The van der Waals surface area contributed by atoms with E-state index in [1.807, 2.05) is 6.07 Å². The van der Waals surface area contributed by atoms with E-state index in [9.17, 15) is 4.39 Å². The van der Waals surface area contributed by atoms with E-state index in [2.05, 4.69) is 37.9 Å². The van der Waals surface area contributed by atoms with Gasteiger partial charge in [0.05, 0.1) is 0 Å². The normalized spacial score (nSPS) is 10.9. The average Bonchev–Trinajstić information content (AvgIpc) is 2.30. The van der Waals surface area contributed by atoms with Crippen LogP contribution in [0.4, 0.5) is 10.1 Å². The molecule has 0 aliphatic heterocycles. The summed E-state index contributed by atoms with van der Waals surface area (Å²) < 4.78 is 13.3. The van der Waals surface area contributed by atoms with Gasteiger partial charge in [0.2, 0.25) is 0 Å². The van der Waals surface area contributed by atoms with Crippen molar-refractivity contribution in [3.63, 3.8) is 0 Å². The minimum atomic E-state index is -0.165. The van der Waals surface area contributed by atoms with Crippen molar-refractivity contribution in [2.24, 2.45) is 0 Å². The van der Waals surface area contributed by atoms with Crippen molar-refractivity contribution in [2.75, 3.05) is 18.0 Å². The lowest BCUT2D eigenvalue weighted by Gasteiger charge is -2.24. The first-order chi connectivity index (χ1) is 8.08. The fourth-order valence-corrected chi connectivity index (χ4v) is 1.88. The SMILES string of the molecule is CCN(CC)c1ccc(F)cc1CNC(C)C. The third kappa shape index (κ3) is 4.00. The van der Waals surface area contributed by atoms with Crippen molar-refractivity contribution < 1.29 is 4.39 Å². The summed E-state index contributed by atoms with van der Waals surface area (Å²) >= 11 is 0. The zero-order valence-corrected chi connectivity index (χ0v) is 11.3. The molecule has 0 radical (unpaired) electrons. The first-order valence-electron chi connectivity index (χ1n) is 6.35. The van der Waals surface area contributed by atoms with Crippen LogP contribution < -0.4 is 10.2 Å². The molecule has 1 aromatic rings. The fourth-order valence-electron chi connectivity index (χ4n) is 1.88. The van der Waals surface area contributed by atoms with Gasteiger partial charge in [0.1, 0.15) is 5.82 Å². The van der Waals surface area contributed by atoms with Crippen molar-refractivity contribution in [3.05, 3.63) is 29.6 Å². The van der Waals surface area contributed by atoms with Crippen LogP contribution in [0.3, 0.4) is 0 Å². The van der Waals surface area contributed by atoms with Gasteiger partial charge in [-0.3, -0.25) is 0 Å². The van der Waals surface area contributed by atoms with E-state index in [4.69, 9.17) is 0 Å². The Bertz CT molecular complexity index is 346. The van der Waals surface area contributed by atoms with E-state index in [1.54, 1.807) is 6.07 Å². The zero-order chi connectivity index (χ0) is 12.8. The molecule has 0 unspecified atom stereocenters. The Kier molecular flexibility index (Phi) is 5.42. The minimum Gasteiger partial charge on any atom is -0.372 e. The van der Waals surface area contributed by atoms with Crippen molar-refractivity contribution in [3.8, 4) is 0 Å². The Hall–Kier alpha value is -1.09. The van der Waals surface area contributed by atoms with E-state index < -0.39 is 0 Å². The van der Waals surface area contributed by atoms with Gasteiger partial charge in [0.25, 0.3) is 0 Å². The Labute approximate surface area is 104 Å². The number of hydrogen-bond acceptors (Lipinski definition) is 2. The number of anilines is 1. The molecule has 96 valence electrons. The molecule has 1 aromatic carbocycles. The predicted octanol–water partition coefficient (Wildman–Crippen LogP) is 3.17. The Balaban J connectivity index is 2.94. The van der Waals surface area contributed by atoms with Crippen LogP contribution in [0.25, 0.3) is 0 Å². The maximum absolute atomic E-state index is 13.3.